The minimum absolute atomic E-state index is 0.334. The number of aromatic nitrogens is 1. The quantitative estimate of drug-likeness (QED) is 0.467. The number of methoxy groups -OCH3 is 1. The fraction of sp³-hybridized carbons (Fsp3) is 0.143. The zero-order valence-corrected chi connectivity index (χ0v) is 5.94. The Hall–Kier alpha value is -1.67. The molecule has 1 rings (SSSR count). The highest BCUT2D eigenvalue weighted by Crippen LogP contribution is 2.12. The highest BCUT2D eigenvalue weighted by molar-refractivity contribution is 5.44. The van der Waals surface area contributed by atoms with Crippen LogP contribution in [-0.4, -0.2) is 18.2 Å². The lowest BCUT2D eigenvalue weighted by molar-refractivity contribution is 0.413. The highest BCUT2D eigenvalue weighted by atomic mass is 16.5. The van der Waals surface area contributed by atoms with Crippen LogP contribution in [-0.2, 0) is 4.79 Å². The zero-order valence-electron chi connectivity index (χ0n) is 5.94. The maximum Gasteiger partial charge on any atom is 0.242 e. The Labute approximate surface area is 63.6 Å². The van der Waals surface area contributed by atoms with Gasteiger partial charge in [-0.2, -0.15) is 0 Å². The van der Waals surface area contributed by atoms with E-state index in [0.29, 0.717) is 11.6 Å². The lowest BCUT2D eigenvalue weighted by Gasteiger charge is -1.95. The summed E-state index contributed by atoms with van der Waals surface area (Å²) in [7, 11) is 1.54. The number of isocyanates is 1. The predicted molar refractivity (Wildman–Crippen MR) is 38.6 cm³/mol. The van der Waals surface area contributed by atoms with Gasteiger partial charge in [-0.1, -0.05) is 0 Å². The van der Waals surface area contributed by atoms with Gasteiger partial charge in [0.25, 0.3) is 0 Å². The molecule has 0 aromatic carbocycles. The average Bonchev–Trinajstić information content (AvgIpc) is 2.07. The molecular formula is C7H6N2O2. The molecule has 0 N–H and O–H groups in total. The van der Waals surface area contributed by atoms with Crippen molar-refractivity contribution in [3.63, 3.8) is 0 Å². The fourth-order valence-corrected chi connectivity index (χ4v) is 0.606. The molecule has 0 aliphatic heterocycles. The van der Waals surface area contributed by atoms with Crippen molar-refractivity contribution in [2.45, 2.75) is 0 Å². The summed E-state index contributed by atoms with van der Waals surface area (Å²) in [6, 6.07) is 3.24. The van der Waals surface area contributed by atoms with Crippen LogP contribution in [0.1, 0.15) is 0 Å². The van der Waals surface area contributed by atoms with E-state index in [1.165, 1.54) is 12.3 Å². The van der Waals surface area contributed by atoms with Gasteiger partial charge in [0.15, 0.2) is 5.82 Å². The molecule has 56 valence electrons. The molecule has 1 heterocycles. The molecule has 0 amide bonds. The van der Waals surface area contributed by atoms with Crippen molar-refractivity contribution in [2.24, 2.45) is 4.99 Å². The first-order chi connectivity index (χ1) is 5.36. The van der Waals surface area contributed by atoms with Crippen molar-refractivity contribution in [2.75, 3.05) is 7.11 Å². The average molecular weight is 150 g/mol. The second-order valence-corrected chi connectivity index (χ2v) is 1.76. The van der Waals surface area contributed by atoms with Gasteiger partial charge in [0.2, 0.25) is 6.08 Å². The summed E-state index contributed by atoms with van der Waals surface area (Å²) in [6.45, 7) is 0. The fourth-order valence-electron chi connectivity index (χ4n) is 0.606. The summed E-state index contributed by atoms with van der Waals surface area (Å²) in [6.07, 6.45) is 2.88. The van der Waals surface area contributed by atoms with E-state index in [0.717, 1.165) is 0 Å². The van der Waals surface area contributed by atoms with Gasteiger partial charge in [0.05, 0.1) is 13.3 Å². The summed E-state index contributed by atoms with van der Waals surface area (Å²) in [5, 5.41) is 0. The number of nitrogens with zero attached hydrogens (tertiary/aromatic N) is 2. The van der Waals surface area contributed by atoms with E-state index in [2.05, 4.69) is 9.98 Å². The molecule has 1 aromatic rings. The third-order valence-corrected chi connectivity index (χ3v) is 1.12. The molecule has 1 aromatic heterocycles. The Morgan fingerprint density at radius 1 is 1.64 bits per heavy atom. The molecule has 0 aliphatic rings. The molecule has 0 atom stereocenters. The Morgan fingerprint density at radius 2 is 2.45 bits per heavy atom. The standard InChI is InChI=1S/C7H6N2O2/c1-11-6-2-3-7(8-4-6)9-5-10/h2-4H,1H3. The maximum absolute atomic E-state index is 9.77. The molecule has 0 aliphatic carbocycles. The zero-order chi connectivity index (χ0) is 8.10. The summed E-state index contributed by atoms with van der Waals surface area (Å²) < 4.78 is 4.84. The predicted octanol–water partition coefficient (Wildman–Crippen LogP) is 1.06. The largest absolute Gasteiger partial charge is 0.495 e. The Morgan fingerprint density at radius 3 is 2.91 bits per heavy atom. The van der Waals surface area contributed by atoms with Gasteiger partial charge in [-0.15, -0.1) is 4.99 Å². The van der Waals surface area contributed by atoms with E-state index in [-0.39, 0.29) is 0 Å². The second kappa shape index (κ2) is 3.49. The van der Waals surface area contributed by atoms with Gasteiger partial charge in [-0.25, -0.2) is 9.78 Å². The van der Waals surface area contributed by atoms with E-state index in [1.54, 1.807) is 19.2 Å². The molecule has 0 unspecified atom stereocenters. The molecular weight excluding hydrogens is 144 g/mol. The van der Waals surface area contributed by atoms with E-state index in [9.17, 15) is 4.79 Å². The normalized spacial score (nSPS) is 8.45. The molecule has 0 fully saturated rings. The van der Waals surface area contributed by atoms with Gasteiger partial charge < -0.3 is 4.74 Å². The second-order valence-electron chi connectivity index (χ2n) is 1.76. The van der Waals surface area contributed by atoms with Crippen molar-refractivity contribution in [3.8, 4) is 5.75 Å². The maximum atomic E-state index is 9.77. The third-order valence-electron chi connectivity index (χ3n) is 1.12. The van der Waals surface area contributed by atoms with Crippen LogP contribution in [0.2, 0.25) is 0 Å². The van der Waals surface area contributed by atoms with Crippen LogP contribution >= 0.6 is 0 Å². The molecule has 0 saturated carbocycles. The van der Waals surface area contributed by atoms with Gasteiger partial charge in [-0.05, 0) is 12.1 Å². The lowest BCUT2D eigenvalue weighted by Crippen LogP contribution is -1.82. The van der Waals surface area contributed by atoms with Gasteiger partial charge in [0.1, 0.15) is 5.75 Å². The van der Waals surface area contributed by atoms with Crippen LogP contribution in [0, 0.1) is 0 Å². The molecule has 0 saturated heterocycles. The first-order valence-corrected chi connectivity index (χ1v) is 2.94. The van der Waals surface area contributed by atoms with E-state index >= 15 is 0 Å². The van der Waals surface area contributed by atoms with E-state index in [1.807, 2.05) is 0 Å². The van der Waals surface area contributed by atoms with Crippen LogP contribution in [0.15, 0.2) is 23.3 Å². The van der Waals surface area contributed by atoms with Gasteiger partial charge in [-0.3, -0.25) is 0 Å². The minimum Gasteiger partial charge on any atom is -0.495 e. The van der Waals surface area contributed by atoms with E-state index < -0.39 is 0 Å². The van der Waals surface area contributed by atoms with Crippen LogP contribution in [0.4, 0.5) is 5.82 Å². The Balaban J connectivity index is 2.91. The number of rotatable bonds is 2. The molecule has 11 heavy (non-hydrogen) atoms. The molecule has 0 radical (unpaired) electrons. The van der Waals surface area contributed by atoms with E-state index in [4.69, 9.17) is 4.74 Å². The third kappa shape index (κ3) is 1.88. The van der Waals surface area contributed by atoms with Gasteiger partial charge in [0, 0.05) is 0 Å². The number of pyridine rings is 1. The number of aliphatic imine (C=N–C) groups is 1. The summed E-state index contributed by atoms with van der Waals surface area (Å²) in [5.74, 6) is 0.968. The molecule has 0 bridgehead atoms. The van der Waals surface area contributed by atoms with Crippen LogP contribution < -0.4 is 4.74 Å². The van der Waals surface area contributed by atoms with Crippen molar-refractivity contribution >= 4 is 11.9 Å². The lowest BCUT2D eigenvalue weighted by atomic mass is 10.4. The van der Waals surface area contributed by atoms with Gasteiger partial charge >= 0.3 is 0 Å². The molecule has 4 heteroatoms. The number of hydrogen-bond donors (Lipinski definition) is 0. The van der Waals surface area contributed by atoms with Crippen LogP contribution in [0.25, 0.3) is 0 Å². The SMILES string of the molecule is COc1ccc(N=C=O)nc1. The molecule has 0 spiro atoms. The number of hydrogen-bond acceptors (Lipinski definition) is 4. The smallest absolute Gasteiger partial charge is 0.242 e. The van der Waals surface area contributed by atoms with Crippen molar-refractivity contribution in [1.82, 2.24) is 4.98 Å². The number of carbonyl (C=O) groups excluding carboxylic acids is 1. The van der Waals surface area contributed by atoms with Crippen LogP contribution in [0.3, 0.4) is 0 Å². The minimum atomic E-state index is 0.334. The summed E-state index contributed by atoms with van der Waals surface area (Å²) >= 11 is 0. The number of ether oxygens (including phenoxy) is 1. The molecule has 4 nitrogen and oxygen atoms in total. The first-order valence-electron chi connectivity index (χ1n) is 2.94. The first kappa shape index (κ1) is 7.44. The highest BCUT2D eigenvalue weighted by Gasteiger charge is 1.91. The summed E-state index contributed by atoms with van der Waals surface area (Å²) in [4.78, 5) is 16.9. The monoisotopic (exact) mass is 150 g/mol. The van der Waals surface area contributed by atoms with Crippen molar-refractivity contribution in [1.29, 1.82) is 0 Å². The summed E-state index contributed by atoms with van der Waals surface area (Å²) in [5.41, 5.74) is 0. The Bertz CT molecular complexity index is 275. The Kier molecular flexibility index (Phi) is 2.36. The van der Waals surface area contributed by atoms with Crippen molar-refractivity contribution in [3.05, 3.63) is 18.3 Å². The topological polar surface area (TPSA) is 51.5 Å². The van der Waals surface area contributed by atoms with Crippen molar-refractivity contribution < 1.29 is 9.53 Å². The van der Waals surface area contributed by atoms with Crippen LogP contribution in [0.5, 0.6) is 5.75 Å².